The number of primary amides is 1. The predicted octanol–water partition coefficient (Wildman–Crippen LogP) is 0.905. The maximum atomic E-state index is 9.40. The molecule has 2 amide bonds. The van der Waals surface area contributed by atoms with Gasteiger partial charge in [-0.3, -0.25) is 4.79 Å². The summed E-state index contributed by atoms with van der Waals surface area (Å²) < 4.78 is 0. The Labute approximate surface area is 51.5 Å². The minimum absolute atomic E-state index is 1.00. The first-order chi connectivity index (χ1) is 4.18. The lowest BCUT2D eigenvalue weighted by Gasteiger charge is -1.64. The number of amides is 2. The first-order valence-corrected chi connectivity index (χ1v) is 1.84. The Morgan fingerprint density at radius 2 is 2.33 bits per heavy atom. The third-order valence-electron chi connectivity index (χ3n) is 0.143. The van der Waals surface area contributed by atoms with E-state index in [0.717, 1.165) is 0 Å². The molecule has 9 heavy (non-hydrogen) atoms. The van der Waals surface area contributed by atoms with Gasteiger partial charge in [-0.2, -0.15) is 5.26 Å². The number of nitrogens with zero attached hydrogens (tertiary/aromatic N) is 4. The fraction of sp³-hybridized carbons (Fsp3) is 0.333. The highest BCUT2D eigenvalue weighted by Crippen LogP contribution is 1.63. The number of hydrogen-bond donors (Lipinski definition) is 1. The van der Waals surface area contributed by atoms with Crippen LogP contribution in [0.1, 0.15) is 6.92 Å². The summed E-state index contributed by atoms with van der Waals surface area (Å²) in [5.41, 5.74) is 11.7. The van der Waals surface area contributed by atoms with E-state index in [0.29, 0.717) is 0 Å². The van der Waals surface area contributed by atoms with Crippen LogP contribution in [0.15, 0.2) is 5.11 Å². The van der Waals surface area contributed by atoms with E-state index in [9.17, 15) is 4.79 Å². The second-order valence-corrected chi connectivity index (χ2v) is 0.751. The van der Waals surface area contributed by atoms with Crippen LogP contribution < -0.4 is 5.73 Å². The number of azide groups is 1. The average Bonchev–Trinajstić information content (AvgIpc) is 1.67. The summed E-state index contributed by atoms with van der Waals surface area (Å²) in [6, 6.07) is 0.748. The second kappa shape index (κ2) is 9.55. The van der Waals surface area contributed by atoms with Gasteiger partial charge in [-0.1, -0.05) is 0 Å². The SMILES string of the molecule is CC#N.[N-]=[N+]=NC(N)=O. The molecular weight excluding hydrogens is 122 g/mol. The molecule has 0 heterocycles. The normalized spacial score (nSPS) is 4.89. The van der Waals surface area contributed by atoms with E-state index in [1.807, 2.05) is 0 Å². The first-order valence-electron chi connectivity index (χ1n) is 1.84. The zero-order chi connectivity index (χ0) is 7.70. The van der Waals surface area contributed by atoms with Crippen LogP contribution in [0, 0.1) is 11.3 Å². The number of urea groups is 1. The van der Waals surface area contributed by atoms with Gasteiger partial charge in [-0.05, 0) is 5.53 Å². The summed E-state index contributed by atoms with van der Waals surface area (Å²) in [7, 11) is 0. The number of nitriles is 1. The van der Waals surface area contributed by atoms with E-state index in [1.54, 1.807) is 6.07 Å². The summed E-state index contributed by atoms with van der Waals surface area (Å²) in [4.78, 5) is 11.5. The number of nitrogens with two attached hydrogens (primary N) is 1. The molecule has 0 bridgehead atoms. The van der Waals surface area contributed by atoms with Crippen LogP contribution >= 0.6 is 0 Å². The largest absolute Gasteiger partial charge is 0.364 e. The van der Waals surface area contributed by atoms with Gasteiger partial charge in [0.05, 0.1) is 6.07 Å². The van der Waals surface area contributed by atoms with Crippen LogP contribution in [0.5, 0.6) is 0 Å². The Morgan fingerprint density at radius 1 is 2.00 bits per heavy atom. The molecule has 2 N–H and O–H groups in total. The van der Waals surface area contributed by atoms with Crippen molar-refractivity contribution in [1.82, 2.24) is 0 Å². The van der Waals surface area contributed by atoms with Crippen LogP contribution in [0.25, 0.3) is 10.4 Å². The van der Waals surface area contributed by atoms with Crippen molar-refractivity contribution >= 4 is 6.03 Å². The monoisotopic (exact) mass is 127 g/mol. The molecule has 6 nitrogen and oxygen atoms in total. The molecule has 0 atom stereocenters. The smallest absolute Gasteiger partial charge is 0.305 e. The van der Waals surface area contributed by atoms with Gasteiger partial charge in [0.1, 0.15) is 0 Å². The topological polar surface area (TPSA) is 116 Å². The highest BCUT2D eigenvalue weighted by atomic mass is 16.2. The van der Waals surface area contributed by atoms with Gasteiger partial charge in [0.25, 0.3) is 0 Å². The molecule has 0 saturated heterocycles. The molecule has 0 aliphatic rings. The molecule has 0 saturated carbocycles. The molecular formula is C3H5N5O. The van der Waals surface area contributed by atoms with E-state index < -0.39 is 6.03 Å². The average molecular weight is 127 g/mol. The maximum absolute atomic E-state index is 9.40. The highest BCUT2D eigenvalue weighted by molar-refractivity contribution is 5.72. The van der Waals surface area contributed by atoms with Crippen LogP contribution in [0.3, 0.4) is 0 Å². The molecule has 6 heteroatoms. The lowest BCUT2D eigenvalue weighted by molar-refractivity contribution is 0.256. The number of carbonyl (C=O) groups is 1. The summed E-state index contributed by atoms with van der Waals surface area (Å²) in [6.07, 6.45) is 0. The minimum atomic E-state index is -1.00. The van der Waals surface area contributed by atoms with Gasteiger partial charge < -0.3 is 5.73 Å². The van der Waals surface area contributed by atoms with Gasteiger partial charge in [0, 0.05) is 16.9 Å². The Hall–Kier alpha value is -1.73. The molecule has 0 spiro atoms. The number of carbonyl (C=O) groups excluding carboxylic acids is 1. The van der Waals surface area contributed by atoms with Crippen molar-refractivity contribution in [3.63, 3.8) is 0 Å². The van der Waals surface area contributed by atoms with Crippen molar-refractivity contribution in [1.29, 1.82) is 5.26 Å². The van der Waals surface area contributed by atoms with Crippen LogP contribution in [-0.4, -0.2) is 6.03 Å². The lowest BCUT2D eigenvalue weighted by atomic mass is 11.0. The van der Waals surface area contributed by atoms with Crippen molar-refractivity contribution in [3.05, 3.63) is 10.4 Å². The van der Waals surface area contributed by atoms with Crippen LogP contribution in [0.4, 0.5) is 4.79 Å². The third-order valence-corrected chi connectivity index (χ3v) is 0.143. The standard InChI is InChI=1S/C2H3N.CH2N4O/c1-2-3;2-1(6)4-5-3/h1H3;(H2,2,6). The molecule has 0 fully saturated rings. The predicted molar refractivity (Wildman–Crippen MR) is 30.0 cm³/mol. The van der Waals surface area contributed by atoms with Gasteiger partial charge in [-0.25, -0.2) is 0 Å². The molecule has 0 aliphatic carbocycles. The van der Waals surface area contributed by atoms with E-state index >= 15 is 0 Å². The second-order valence-electron chi connectivity index (χ2n) is 0.751. The summed E-state index contributed by atoms with van der Waals surface area (Å²) in [5, 5.41) is 9.76. The molecule has 48 valence electrons. The molecule has 0 aromatic heterocycles. The minimum Gasteiger partial charge on any atom is -0.364 e. The summed E-state index contributed by atoms with van der Waals surface area (Å²) in [6.45, 7) is 1.43. The fourth-order valence-corrected chi connectivity index (χ4v) is 0.0441. The molecule has 0 aromatic carbocycles. The van der Waals surface area contributed by atoms with Crippen LogP contribution in [0.2, 0.25) is 0 Å². The van der Waals surface area contributed by atoms with Crippen LogP contribution in [-0.2, 0) is 0 Å². The first kappa shape index (κ1) is 10.3. The molecule has 0 aliphatic heterocycles. The van der Waals surface area contributed by atoms with Gasteiger partial charge in [0.15, 0.2) is 0 Å². The molecule has 0 radical (unpaired) electrons. The van der Waals surface area contributed by atoms with Crippen molar-refractivity contribution < 1.29 is 4.79 Å². The van der Waals surface area contributed by atoms with Gasteiger partial charge >= 0.3 is 6.03 Å². The molecule has 0 rings (SSSR count). The molecule has 0 unspecified atom stereocenters. The highest BCUT2D eigenvalue weighted by Gasteiger charge is 1.75. The molecule has 0 aromatic rings. The van der Waals surface area contributed by atoms with E-state index in [2.05, 4.69) is 15.8 Å². The quantitative estimate of drug-likeness (QED) is 0.295. The Kier molecular flexibility index (Phi) is 10.9. The number of hydrogen-bond acceptors (Lipinski definition) is 2. The van der Waals surface area contributed by atoms with Crippen molar-refractivity contribution in [2.45, 2.75) is 6.92 Å². The van der Waals surface area contributed by atoms with E-state index in [-0.39, 0.29) is 0 Å². The third kappa shape index (κ3) is 70.9. The number of rotatable bonds is 0. The zero-order valence-corrected chi connectivity index (χ0v) is 4.77. The van der Waals surface area contributed by atoms with Gasteiger partial charge in [0.2, 0.25) is 0 Å². The Balaban J connectivity index is 0. The van der Waals surface area contributed by atoms with Gasteiger partial charge in [-0.15, -0.1) is 0 Å². The van der Waals surface area contributed by atoms with E-state index in [1.165, 1.54) is 6.92 Å². The van der Waals surface area contributed by atoms with Crippen molar-refractivity contribution in [2.75, 3.05) is 0 Å². The van der Waals surface area contributed by atoms with E-state index in [4.69, 9.17) is 10.8 Å². The van der Waals surface area contributed by atoms with Crippen molar-refractivity contribution in [3.8, 4) is 6.07 Å². The van der Waals surface area contributed by atoms with Crippen molar-refractivity contribution in [2.24, 2.45) is 10.8 Å². The summed E-state index contributed by atoms with van der Waals surface area (Å²) >= 11 is 0. The fourth-order valence-electron chi connectivity index (χ4n) is 0.0441. The maximum Gasteiger partial charge on any atom is 0.305 e. The Bertz CT molecular complexity index is 162. The zero-order valence-electron chi connectivity index (χ0n) is 4.77. The Morgan fingerprint density at radius 3 is 2.33 bits per heavy atom. The lowest BCUT2D eigenvalue weighted by Crippen LogP contribution is -2.00. The summed E-state index contributed by atoms with van der Waals surface area (Å²) in [5.74, 6) is 0.